The normalized spacial score (nSPS) is 20.1. The maximum Gasteiger partial charge on any atom is 0.274 e. The molecule has 1 saturated heterocycles. The number of carbonyl (C=O) groups excluding carboxylic acids is 2. The Labute approximate surface area is 169 Å². The van der Waals surface area contributed by atoms with Gasteiger partial charge in [-0.05, 0) is 13.0 Å². The van der Waals surface area contributed by atoms with E-state index in [2.05, 4.69) is 5.32 Å². The highest BCUT2D eigenvalue weighted by molar-refractivity contribution is 5.99. The summed E-state index contributed by atoms with van der Waals surface area (Å²) in [5.41, 5.74) is -1.54. The van der Waals surface area contributed by atoms with Gasteiger partial charge in [-0.1, -0.05) is 6.07 Å². The minimum atomic E-state index is -1.000. The summed E-state index contributed by atoms with van der Waals surface area (Å²) in [6, 6.07) is 2.29. The van der Waals surface area contributed by atoms with E-state index in [4.69, 9.17) is 4.74 Å². The van der Waals surface area contributed by atoms with E-state index in [1.165, 1.54) is 21.7 Å². The summed E-state index contributed by atoms with van der Waals surface area (Å²) in [6.45, 7) is 2.44. The van der Waals surface area contributed by atoms with Gasteiger partial charge in [0.1, 0.15) is 17.2 Å². The highest BCUT2D eigenvalue weighted by Gasteiger charge is 2.44. The third-order valence-electron chi connectivity index (χ3n) is 5.49. The predicted octanol–water partition coefficient (Wildman–Crippen LogP) is 1.18. The van der Waals surface area contributed by atoms with Gasteiger partial charge >= 0.3 is 0 Å². The molecule has 0 saturated carbocycles. The monoisotopic (exact) mass is 419 g/mol. The van der Waals surface area contributed by atoms with Gasteiger partial charge < -0.3 is 24.6 Å². The third kappa shape index (κ3) is 3.13. The number of amides is 2. The van der Waals surface area contributed by atoms with Gasteiger partial charge in [0, 0.05) is 30.9 Å². The molecule has 2 amide bonds. The van der Waals surface area contributed by atoms with Gasteiger partial charge in [-0.25, -0.2) is 8.78 Å². The Morgan fingerprint density at radius 2 is 2.00 bits per heavy atom. The van der Waals surface area contributed by atoms with Crippen molar-refractivity contribution in [2.45, 2.75) is 25.6 Å². The van der Waals surface area contributed by atoms with Gasteiger partial charge in [0.2, 0.25) is 5.43 Å². The smallest absolute Gasteiger partial charge is 0.274 e. The van der Waals surface area contributed by atoms with Crippen LogP contribution in [-0.4, -0.2) is 52.2 Å². The number of carbonyl (C=O) groups is 2. The van der Waals surface area contributed by atoms with Crippen LogP contribution in [0.2, 0.25) is 0 Å². The number of likely N-dealkylation sites (N-methyl/N-ethyl adjacent to an activating group) is 1. The zero-order valence-electron chi connectivity index (χ0n) is 16.0. The molecular formula is C20H19F2N3O5. The SMILES string of the molecule is CCN1C(=O)c2c(O)c(=O)c(C(=O)NCc3ccc(F)cc3F)cn2[C@@H]2COC[C@H]21. The second kappa shape index (κ2) is 7.52. The molecule has 2 N–H and O–H groups in total. The van der Waals surface area contributed by atoms with Crippen molar-refractivity contribution in [1.82, 2.24) is 14.8 Å². The highest BCUT2D eigenvalue weighted by Crippen LogP contribution is 2.34. The fraction of sp³-hybridized carbons (Fsp3) is 0.350. The zero-order valence-corrected chi connectivity index (χ0v) is 16.0. The molecule has 1 aromatic heterocycles. The van der Waals surface area contributed by atoms with E-state index >= 15 is 0 Å². The number of halogens is 2. The minimum absolute atomic E-state index is 0.0325. The molecule has 1 fully saturated rings. The molecule has 2 aromatic rings. The number of benzene rings is 1. The van der Waals surface area contributed by atoms with Crippen molar-refractivity contribution in [1.29, 1.82) is 0 Å². The maximum atomic E-state index is 13.8. The molecule has 3 heterocycles. The standard InChI is InChI=1S/C20H19F2N3O5/c1-2-24-14-8-30-9-15(14)25-7-12(17(26)18(27)16(25)20(24)29)19(28)23-6-10-3-4-11(21)5-13(10)22/h3-5,7,14-15,27H,2,6,8-9H2,1H3,(H,23,28)/t14-,15-/m1/s1. The molecule has 0 bridgehead atoms. The number of ether oxygens (including phenoxy) is 1. The van der Waals surface area contributed by atoms with Gasteiger partial charge in [0.25, 0.3) is 11.8 Å². The topological polar surface area (TPSA) is 101 Å². The summed E-state index contributed by atoms with van der Waals surface area (Å²) in [5.74, 6) is -3.77. The number of nitrogens with one attached hydrogen (secondary N) is 1. The number of fused-ring (bicyclic) bond motifs is 3. The summed E-state index contributed by atoms with van der Waals surface area (Å²) < 4.78 is 33.7. The number of aromatic nitrogens is 1. The summed E-state index contributed by atoms with van der Waals surface area (Å²) in [4.78, 5) is 39.5. The van der Waals surface area contributed by atoms with Gasteiger partial charge in [-0.15, -0.1) is 0 Å². The van der Waals surface area contributed by atoms with Crippen LogP contribution in [0, 0.1) is 11.6 Å². The van der Waals surface area contributed by atoms with Gasteiger partial charge in [0.05, 0.1) is 25.3 Å². The van der Waals surface area contributed by atoms with Crippen molar-refractivity contribution in [2.24, 2.45) is 0 Å². The number of hydrogen-bond donors (Lipinski definition) is 2. The first-order chi connectivity index (χ1) is 14.3. The predicted molar refractivity (Wildman–Crippen MR) is 100 cm³/mol. The Morgan fingerprint density at radius 1 is 1.27 bits per heavy atom. The summed E-state index contributed by atoms with van der Waals surface area (Å²) in [6.07, 6.45) is 1.23. The molecule has 1 aromatic carbocycles. The van der Waals surface area contributed by atoms with Gasteiger partial charge in [0.15, 0.2) is 11.4 Å². The van der Waals surface area contributed by atoms with E-state index in [0.29, 0.717) is 19.2 Å². The van der Waals surface area contributed by atoms with Gasteiger partial charge in [-0.2, -0.15) is 0 Å². The number of aromatic hydroxyl groups is 1. The van der Waals surface area contributed by atoms with Crippen LogP contribution in [0.25, 0.3) is 0 Å². The summed E-state index contributed by atoms with van der Waals surface area (Å²) in [7, 11) is 0. The molecule has 30 heavy (non-hydrogen) atoms. The first kappa shape index (κ1) is 20.0. The summed E-state index contributed by atoms with van der Waals surface area (Å²) >= 11 is 0. The number of nitrogens with zero attached hydrogens (tertiary/aromatic N) is 2. The van der Waals surface area contributed by atoms with Crippen LogP contribution < -0.4 is 10.7 Å². The fourth-order valence-electron chi connectivity index (χ4n) is 3.95. The fourth-order valence-corrected chi connectivity index (χ4v) is 3.95. The van der Waals surface area contributed by atoms with Crippen molar-refractivity contribution in [3.63, 3.8) is 0 Å². The Kier molecular flexibility index (Phi) is 5.02. The van der Waals surface area contributed by atoms with E-state index in [9.17, 15) is 28.3 Å². The molecule has 8 nitrogen and oxygen atoms in total. The van der Waals surface area contributed by atoms with Crippen molar-refractivity contribution in [3.05, 3.63) is 63.1 Å². The Morgan fingerprint density at radius 3 is 2.70 bits per heavy atom. The molecule has 0 aliphatic carbocycles. The molecule has 2 aliphatic heterocycles. The zero-order chi connectivity index (χ0) is 21.6. The second-order valence-electron chi connectivity index (χ2n) is 7.16. The number of hydrogen-bond acceptors (Lipinski definition) is 5. The third-order valence-corrected chi connectivity index (χ3v) is 5.49. The maximum absolute atomic E-state index is 13.8. The number of pyridine rings is 1. The van der Waals surface area contributed by atoms with E-state index in [-0.39, 0.29) is 42.1 Å². The van der Waals surface area contributed by atoms with E-state index in [1.54, 1.807) is 6.92 Å². The van der Waals surface area contributed by atoms with Gasteiger partial charge in [-0.3, -0.25) is 14.4 Å². The molecule has 0 unspecified atom stereocenters. The average Bonchev–Trinajstić information content (AvgIpc) is 3.19. The van der Waals surface area contributed by atoms with Crippen LogP contribution in [0.5, 0.6) is 5.75 Å². The van der Waals surface area contributed by atoms with Crippen molar-refractivity contribution < 1.29 is 28.2 Å². The largest absolute Gasteiger partial charge is 0.503 e. The second-order valence-corrected chi connectivity index (χ2v) is 7.16. The van der Waals surface area contributed by atoms with E-state index < -0.39 is 34.6 Å². The molecule has 2 atom stereocenters. The van der Waals surface area contributed by atoms with Crippen molar-refractivity contribution in [2.75, 3.05) is 19.8 Å². The summed E-state index contributed by atoms with van der Waals surface area (Å²) in [5, 5.41) is 12.8. The Bertz CT molecular complexity index is 1100. The first-order valence-corrected chi connectivity index (χ1v) is 9.42. The molecule has 10 heteroatoms. The molecule has 0 spiro atoms. The minimum Gasteiger partial charge on any atom is -0.503 e. The van der Waals surface area contributed by atoms with Crippen LogP contribution in [0.4, 0.5) is 8.78 Å². The molecule has 2 aliphatic rings. The Balaban J connectivity index is 1.68. The van der Waals surface area contributed by atoms with E-state index in [1.807, 2.05) is 0 Å². The number of rotatable bonds is 4. The molecule has 0 radical (unpaired) electrons. The van der Waals surface area contributed by atoms with Crippen molar-refractivity contribution >= 4 is 11.8 Å². The quantitative estimate of drug-likeness (QED) is 0.775. The van der Waals surface area contributed by atoms with Crippen molar-refractivity contribution in [3.8, 4) is 5.75 Å². The lowest BCUT2D eigenvalue weighted by atomic mass is 10.0. The van der Waals surface area contributed by atoms with Crippen LogP contribution in [-0.2, 0) is 11.3 Å². The lowest BCUT2D eigenvalue weighted by Gasteiger charge is -2.38. The Hall–Kier alpha value is -3.27. The van der Waals surface area contributed by atoms with E-state index in [0.717, 1.165) is 6.07 Å². The molecule has 4 rings (SSSR count). The van der Waals surface area contributed by atoms with Crippen LogP contribution in [0.3, 0.4) is 0 Å². The average molecular weight is 419 g/mol. The van der Waals surface area contributed by atoms with Crippen LogP contribution >= 0.6 is 0 Å². The highest BCUT2D eigenvalue weighted by atomic mass is 19.1. The molecule has 158 valence electrons. The lowest BCUT2D eigenvalue weighted by molar-refractivity contribution is 0.0569. The van der Waals surface area contributed by atoms with Crippen LogP contribution in [0.1, 0.15) is 39.4 Å². The molecular weight excluding hydrogens is 400 g/mol. The lowest BCUT2D eigenvalue weighted by Crippen LogP contribution is -2.51. The first-order valence-electron chi connectivity index (χ1n) is 9.42. The van der Waals surface area contributed by atoms with Crippen LogP contribution in [0.15, 0.2) is 29.2 Å².